The van der Waals surface area contributed by atoms with Crippen molar-refractivity contribution in [3.8, 4) is 0 Å². The number of hydrogen-bond donors (Lipinski definition) is 1. The highest BCUT2D eigenvalue weighted by Crippen LogP contribution is 2.34. The van der Waals surface area contributed by atoms with E-state index in [1.807, 2.05) is 11.3 Å². The van der Waals surface area contributed by atoms with Gasteiger partial charge in [0.05, 0.1) is 0 Å². The van der Waals surface area contributed by atoms with E-state index < -0.39 is 0 Å². The lowest BCUT2D eigenvalue weighted by Crippen LogP contribution is -2.40. The van der Waals surface area contributed by atoms with Gasteiger partial charge in [0.2, 0.25) is 0 Å². The van der Waals surface area contributed by atoms with Crippen molar-refractivity contribution in [1.29, 1.82) is 0 Å². The molecule has 1 aliphatic rings. The molecule has 1 fully saturated rings. The summed E-state index contributed by atoms with van der Waals surface area (Å²) >= 11 is 1.90. The Labute approximate surface area is 122 Å². The van der Waals surface area contributed by atoms with Crippen molar-refractivity contribution in [2.75, 3.05) is 13.6 Å². The summed E-state index contributed by atoms with van der Waals surface area (Å²) in [6.45, 7) is 7.52. The topological polar surface area (TPSA) is 29.3 Å². The molecule has 0 aromatic carbocycles. The Morgan fingerprint density at radius 1 is 1.32 bits per heavy atom. The van der Waals surface area contributed by atoms with Gasteiger partial charge >= 0.3 is 0 Å². The van der Waals surface area contributed by atoms with Gasteiger partial charge in [-0.3, -0.25) is 4.90 Å². The highest BCUT2D eigenvalue weighted by Gasteiger charge is 2.28. The molecular weight excluding hydrogens is 252 g/mol. The maximum Gasteiger partial charge on any atom is 0.0481 e. The van der Waals surface area contributed by atoms with E-state index in [-0.39, 0.29) is 0 Å². The molecular formula is C16H28N2S. The van der Waals surface area contributed by atoms with Crippen LogP contribution >= 0.6 is 11.3 Å². The number of nitrogens with two attached hydrogens (primary N) is 1. The van der Waals surface area contributed by atoms with Crippen molar-refractivity contribution in [2.24, 2.45) is 11.7 Å². The van der Waals surface area contributed by atoms with Gasteiger partial charge in [-0.25, -0.2) is 0 Å². The highest BCUT2D eigenvalue weighted by molar-refractivity contribution is 7.12. The van der Waals surface area contributed by atoms with E-state index in [4.69, 9.17) is 5.73 Å². The van der Waals surface area contributed by atoms with Gasteiger partial charge in [-0.1, -0.05) is 6.92 Å². The molecule has 1 aliphatic carbocycles. The first kappa shape index (κ1) is 15.0. The Morgan fingerprint density at radius 2 is 1.95 bits per heavy atom. The molecule has 0 spiro atoms. The van der Waals surface area contributed by atoms with E-state index in [1.54, 1.807) is 0 Å². The van der Waals surface area contributed by atoms with Gasteiger partial charge in [-0.15, -0.1) is 11.3 Å². The van der Waals surface area contributed by atoms with E-state index in [9.17, 15) is 0 Å². The molecule has 108 valence electrons. The van der Waals surface area contributed by atoms with Crippen LogP contribution in [0, 0.1) is 19.8 Å². The van der Waals surface area contributed by atoms with Crippen LogP contribution in [0.4, 0.5) is 0 Å². The fourth-order valence-corrected chi connectivity index (χ4v) is 4.38. The molecule has 0 amide bonds. The summed E-state index contributed by atoms with van der Waals surface area (Å²) in [6, 6.07) is 3.44. The van der Waals surface area contributed by atoms with Crippen LogP contribution < -0.4 is 5.73 Å². The van der Waals surface area contributed by atoms with Crippen molar-refractivity contribution in [1.82, 2.24) is 4.90 Å². The zero-order chi connectivity index (χ0) is 14.0. The third kappa shape index (κ3) is 3.39. The molecule has 2 rings (SSSR count). The maximum absolute atomic E-state index is 6.08. The molecule has 1 aromatic rings. The van der Waals surface area contributed by atoms with Gasteiger partial charge in [0.25, 0.3) is 0 Å². The summed E-state index contributed by atoms with van der Waals surface area (Å²) in [5.74, 6) is 0.908. The van der Waals surface area contributed by atoms with Crippen molar-refractivity contribution in [3.63, 3.8) is 0 Å². The highest BCUT2D eigenvalue weighted by atomic mass is 32.1. The summed E-state index contributed by atoms with van der Waals surface area (Å²) < 4.78 is 0. The molecule has 1 heterocycles. The molecule has 1 unspecified atom stereocenters. The summed E-state index contributed by atoms with van der Waals surface area (Å²) in [5.41, 5.74) is 7.53. The first-order valence-corrected chi connectivity index (χ1v) is 8.33. The Morgan fingerprint density at radius 3 is 2.42 bits per heavy atom. The third-order valence-electron chi connectivity index (χ3n) is 4.71. The number of rotatable bonds is 4. The van der Waals surface area contributed by atoms with Crippen LogP contribution in [0.2, 0.25) is 0 Å². The van der Waals surface area contributed by atoms with E-state index in [2.05, 4.69) is 38.8 Å². The van der Waals surface area contributed by atoms with E-state index >= 15 is 0 Å². The van der Waals surface area contributed by atoms with Crippen LogP contribution in [0.1, 0.15) is 54.0 Å². The fraction of sp³-hybridized carbons (Fsp3) is 0.750. The quantitative estimate of drug-likeness (QED) is 0.907. The zero-order valence-corrected chi connectivity index (χ0v) is 13.6. The van der Waals surface area contributed by atoms with Gasteiger partial charge in [0.1, 0.15) is 0 Å². The predicted octanol–water partition coefficient (Wildman–Crippen LogP) is 3.88. The molecule has 0 bridgehead atoms. The van der Waals surface area contributed by atoms with Gasteiger partial charge < -0.3 is 5.73 Å². The Kier molecular flexibility index (Phi) is 5.04. The summed E-state index contributed by atoms with van der Waals surface area (Å²) in [7, 11) is 2.27. The lowest BCUT2D eigenvalue weighted by molar-refractivity contribution is 0.126. The van der Waals surface area contributed by atoms with Gasteiger partial charge in [0.15, 0.2) is 0 Å². The first-order chi connectivity index (χ1) is 9.02. The molecule has 3 heteroatoms. The van der Waals surface area contributed by atoms with Crippen molar-refractivity contribution in [2.45, 2.75) is 58.5 Å². The molecule has 0 saturated heterocycles. The zero-order valence-electron chi connectivity index (χ0n) is 12.8. The normalized spacial score (nSPS) is 25.8. The molecule has 1 aromatic heterocycles. The Balaban J connectivity index is 2.11. The van der Waals surface area contributed by atoms with Gasteiger partial charge in [-0.2, -0.15) is 0 Å². The molecule has 1 saturated carbocycles. The second-order valence-corrected chi connectivity index (χ2v) is 7.66. The van der Waals surface area contributed by atoms with Crippen molar-refractivity contribution in [3.05, 3.63) is 21.4 Å². The van der Waals surface area contributed by atoms with Crippen LogP contribution in [0.3, 0.4) is 0 Å². The number of aryl methyl sites for hydroxylation is 2. The number of thiophene rings is 1. The van der Waals surface area contributed by atoms with Gasteiger partial charge in [-0.05, 0) is 64.1 Å². The molecule has 0 aliphatic heterocycles. The lowest BCUT2D eigenvalue weighted by Gasteiger charge is -2.38. The van der Waals surface area contributed by atoms with Crippen molar-refractivity contribution >= 4 is 11.3 Å². The molecule has 0 radical (unpaired) electrons. The van der Waals surface area contributed by atoms with E-state index in [1.165, 1.54) is 41.0 Å². The van der Waals surface area contributed by atoms with Crippen LogP contribution in [0.15, 0.2) is 6.07 Å². The minimum absolute atomic E-state index is 0.392. The second-order valence-electron chi connectivity index (χ2n) is 6.20. The fourth-order valence-electron chi connectivity index (χ4n) is 3.40. The number of hydrogen-bond acceptors (Lipinski definition) is 3. The monoisotopic (exact) mass is 280 g/mol. The predicted molar refractivity (Wildman–Crippen MR) is 84.8 cm³/mol. The molecule has 2 N–H and O–H groups in total. The van der Waals surface area contributed by atoms with Crippen LogP contribution in [0.25, 0.3) is 0 Å². The largest absolute Gasteiger partial charge is 0.329 e. The molecule has 2 nitrogen and oxygen atoms in total. The van der Waals surface area contributed by atoms with Crippen LogP contribution in [-0.4, -0.2) is 24.5 Å². The first-order valence-electron chi connectivity index (χ1n) is 7.51. The van der Waals surface area contributed by atoms with Crippen LogP contribution in [0.5, 0.6) is 0 Å². The molecule has 19 heavy (non-hydrogen) atoms. The standard InChI is InChI=1S/C16H28N2S/c1-11-5-7-14(8-6-11)18(4)16(10-17)15-9-12(2)19-13(15)3/h9,11,14,16H,5-8,10,17H2,1-4H3. The lowest BCUT2D eigenvalue weighted by atomic mass is 9.86. The van der Waals surface area contributed by atoms with Gasteiger partial charge in [0, 0.05) is 28.4 Å². The van der Waals surface area contributed by atoms with E-state index in [0.29, 0.717) is 12.1 Å². The minimum atomic E-state index is 0.392. The van der Waals surface area contributed by atoms with Crippen molar-refractivity contribution < 1.29 is 0 Å². The average Bonchev–Trinajstić information content (AvgIpc) is 2.70. The summed E-state index contributed by atoms with van der Waals surface area (Å²) in [5, 5.41) is 0. The Bertz CT molecular complexity index is 405. The number of likely N-dealkylation sites (N-methyl/N-ethyl adjacent to an activating group) is 1. The summed E-state index contributed by atoms with van der Waals surface area (Å²) in [6.07, 6.45) is 5.40. The molecule has 1 atom stereocenters. The SMILES string of the molecule is Cc1cc(C(CN)N(C)C2CCC(C)CC2)c(C)s1. The van der Waals surface area contributed by atoms with Crippen LogP contribution in [-0.2, 0) is 0 Å². The minimum Gasteiger partial charge on any atom is -0.329 e. The third-order valence-corrected chi connectivity index (χ3v) is 5.70. The maximum atomic E-state index is 6.08. The average molecular weight is 280 g/mol. The number of nitrogens with zero attached hydrogens (tertiary/aromatic N) is 1. The Hall–Kier alpha value is -0.380. The summed E-state index contributed by atoms with van der Waals surface area (Å²) in [4.78, 5) is 5.38. The smallest absolute Gasteiger partial charge is 0.0481 e. The second kappa shape index (κ2) is 6.38. The van der Waals surface area contributed by atoms with E-state index in [0.717, 1.165) is 12.5 Å².